The fourth-order valence-electron chi connectivity index (χ4n) is 1.73. The van der Waals surface area contributed by atoms with Crippen LogP contribution in [0.3, 0.4) is 0 Å². The van der Waals surface area contributed by atoms with Crippen LogP contribution in [0, 0.1) is 5.82 Å². The van der Waals surface area contributed by atoms with Gasteiger partial charge in [0.1, 0.15) is 10.8 Å². The van der Waals surface area contributed by atoms with Gasteiger partial charge in [-0.25, -0.2) is 9.37 Å². The van der Waals surface area contributed by atoms with Crippen molar-refractivity contribution in [3.8, 4) is 10.6 Å². The zero-order valence-corrected chi connectivity index (χ0v) is 11.2. The number of benzene rings is 1. The first kappa shape index (κ1) is 12.1. The molecule has 0 saturated heterocycles. The van der Waals surface area contributed by atoms with E-state index in [1.165, 1.54) is 36.3 Å². The van der Waals surface area contributed by atoms with E-state index in [1.54, 1.807) is 6.07 Å². The van der Waals surface area contributed by atoms with Crippen molar-refractivity contribution in [3.63, 3.8) is 0 Å². The second-order valence-corrected chi connectivity index (χ2v) is 5.75. The van der Waals surface area contributed by atoms with E-state index in [4.69, 9.17) is 11.6 Å². The molecule has 0 radical (unpaired) electrons. The number of halogens is 2. The second-order valence-electron chi connectivity index (χ2n) is 4.46. The number of nitrogens with zero attached hydrogens (tertiary/aromatic N) is 1. The second kappa shape index (κ2) is 4.96. The van der Waals surface area contributed by atoms with E-state index in [9.17, 15) is 4.39 Å². The van der Waals surface area contributed by atoms with E-state index in [0.717, 1.165) is 22.8 Å². The minimum absolute atomic E-state index is 0.328. The summed E-state index contributed by atoms with van der Waals surface area (Å²) in [7, 11) is 0. The van der Waals surface area contributed by atoms with Gasteiger partial charge in [-0.3, -0.25) is 0 Å². The highest BCUT2D eigenvalue weighted by Gasteiger charge is 2.20. The maximum absolute atomic E-state index is 13.3. The van der Waals surface area contributed by atoms with Crippen LogP contribution in [0.25, 0.3) is 10.6 Å². The summed E-state index contributed by atoms with van der Waals surface area (Å²) in [5.41, 5.74) is 1.74. The first-order valence-electron chi connectivity index (χ1n) is 5.85. The molecule has 0 bridgehead atoms. The Morgan fingerprint density at radius 1 is 1.39 bits per heavy atom. The first-order valence-corrected chi connectivity index (χ1v) is 7.11. The minimum atomic E-state index is -0.328. The molecule has 94 valence electrons. The third-order valence-electron chi connectivity index (χ3n) is 2.81. The zero-order chi connectivity index (χ0) is 12.5. The van der Waals surface area contributed by atoms with Gasteiger partial charge >= 0.3 is 0 Å². The molecule has 1 saturated carbocycles. The third kappa shape index (κ3) is 2.88. The average Bonchev–Trinajstić information content (AvgIpc) is 3.02. The molecule has 0 atom stereocenters. The molecule has 0 unspecified atom stereocenters. The van der Waals surface area contributed by atoms with Crippen molar-refractivity contribution < 1.29 is 4.39 Å². The summed E-state index contributed by atoms with van der Waals surface area (Å²) < 4.78 is 13.3. The van der Waals surface area contributed by atoms with E-state index in [-0.39, 0.29) is 5.82 Å². The lowest BCUT2D eigenvalue weighted by atomic mass is 10.2. The summed E-state index contributed by atoms with van der Waals surface area (Å²) in [5, 5.41) is 6.62. The van der Waals surface area contributed by atoms with Gasteiger partial charge in [-0.15, -0.1) is 11.3 Å². The van der Waals surface area contributed by atoms with Gasteiger partial charge in [0.25, 0.3) is 0 Å². The van der Waals surface area contributed by atoms with Crippen molar-refractivity contribution in [1.82, 2.24) is 10.3 Å². The molecular formula is C13H12ClFN2S. The molecule has 2 aromatic rings. The Kier molecular flexibility index (Phi) is 3.33. The molecule has 1 aliphatic rings. The summed E-state index contributed by atoms with van der Waals surface area (Å²) in [6.07, 6.45) is 2.52. The predicted octanol–water partition coefficient (Wildman–Crippen LogP) is 3.85. The zero-order valence-electron chi connectivity index (χ0n) is 9.62. The lowest BCUT2D eigenvalue weighted by Gasteiger charge is -1.99. The van der Waals surface area contributed by atoms with Gasteiger partial charge < -0.3 is 5.32 Å². The molecule has 2 nitrogen and oxygen atoms in total. The topological polar surface area (TPSA) is 24.9 Å². The monoisotopic (exact) mass is 282 g/mol. The van der Waals surface area contributed by atoms with Crippen molar-refractivity contribution in [3.05, 3.63) is 40.1 Å². The molecule has 1 aromatic heterocycles. The molecule has 0 amide bonds. The smallest absolute Gasteiger partial charge is 0.125 e. The predicted molar refractivity (Wildman–Crippen MR) is 72.4 cm³/mol. The van der Waals surface area contributed by atoms with Crippen molar-refractivity contribution in [2.75, 3.05) is 0 Å². The number of hydrogen-bond acceptors (Lipinski definition) is 3. The molecule has 5 heteroatoms. The Hall–Kier alpha value is -0.970. The molecule has 18 heavy (non-hydrogen) atoms. The first-order chi connectivity index (χ1) is 8.70. The van der Waals surface area contributed by atoms with Crippen molar-refractivity contribution in [1.29, 1.82) is 0 Å². The molecule has 1 aliphatic carbocycles. The number of rotatable bonds is 4. The highest BCUT2D eigenvalue weighted by Crippen LogP contribution is 2.27. The van der Waals surface area contributed by atoms with Crippen LogP contribution in [0.15, 0.2) is 23.6 Å². The van der Waals surface area contributed by atoms with Crippen LogP contribution in [-0.2, 0) is 6.54 Å². The largest absolute Gasteiger partial charge is 0.308 e. The van der Waals surface area contributed by atoms with Gasteiger partial charge in [0, 0.05) is 28.6 Å². The Morgan fingerprint density at radius 3 is 2.94 bits per heavy atom. The Labute approximate surface area is 114 Å². The van der Waals surface area contributed by atoms with Gasteiger partial charge in [-0.1, -0.05) is 11.6 Å². The van der Waals surface area contributed by atoms with Crippen LogP contribution in [0.1, 0.15) is 18.5 Å². The number of hydrogen-bond donors (Lipinski definition) is 1. The third-order valence-corrected chi connectivity index (χ3v) is 3.97. The Morgan fingerprint density at radius 2 is 2.22 bits per heavy atom. The summed E-state index contributed by atoms with van der Waals surface area (Å²) in [5.74, 6) is -0.328. The maximum Gasteiger partial charge on any atom is 0.125 e. The van der Waals surface area contributed by atoms with Crippen LogP contribution in [0.2, 0.25) is 5.02 Å². The minimum Gasteiger partial charge on any atom is -0.308 e. The van der Waals surface area contributed by atoms with Crippen molar-refractivity contribution in [2.24, 2.45) is 0 Å². The summed E-state index contributed by atoms with van der Waals surface area (Å²) >= 11 is 7.36. The van der Waals surface area contributed by atoms with E-state index in [2.05, 4.69) is 10.3 Å². The number of aromatic nitrogens is 1. The Balaban J connectivity index is 1.78. The standard InChI is InChI=1S/C13H12ClFN2S/c14-9-3-8(4-10(15)5-9)13-17-12(7-18-13)6-16-11-1-2-11/h3-5,7,11,16H,1-2,6H2. The molecule has 1 fully saturated rings. The summed E-state index contributed by atoms with van der Waals surface area (Å²) in [4.78, 5) is 4.49. The normalized spacial score (nSPS) is 15.0. The summed E-state index contributed by atoms with van der Waals surface area (Å²) in [6.45, 7) is 0.782. The lowest BCUT2D eigenvalue weighted by Crippen LogP contribution is -2.15. The fraction of sp³-hybridized carbons (Fsp3) is 0.308. The molecular weight excluding hydrogens is 271 g/mol. The van der Waals surface area contributed by atoms with Crippen LogP contribution in [0.4, 0.5) is 4.39 Å². The van der Waals surface area contributed by atoms with Crippen molar-refractivity contribution >= 4 is 22.9 Å². The van der Waals surface area contributed by atoms with Gasteiger partial charge in [0.05, 0.1) is 5.69 Å². The number of thiazole rings is 1. The highest BCUT2D eigenvalue weighted by molar-refractivity contribution is 7.13. The summed E-state index contributed by atoms with van der Waals surface area (Å²) in [6, 6.07) is 5.16. The van der Waals surface area contributed by atoms with E-state index >= 15 is 0 Å². The van der Waals surface area contributed by atoms with Crippen molar-refractivity contribution in [2.45, 2.75) is 25.4 Å². The van der Waals surface area contributed by atoms with Gasteiger partial charge in [-0.05, 0) is 31.0 Å². The van der Waals surface area contributed by atoms with E-state index < -0.39 is 0 Å². The van der Waals surface area contributed by atoms with Gasteiger partial charge in [0.15, 0.2) is 0 Å². The SMILES string of the molecule is Fc1cc(Cl)cc(-c2nc(CNC3CC3)cs2)c1. The molecule has 1 aromatic carbocycles. The molecule has 1 N–H and O–H groups in total. The molecule has 1 heterocycles. The highest BCUT2D eigenvalue weighted by atomic mass is 35.5. The molecule has 0 aliphatic heterocycles. The van der Waals surface area contributed by atoms with Crippen LogP contribution in [-0.4, -0.2) is 11.0 Å². The van der Waals surface area contributed by atoms with Gasteiger partial charge in [-0.2, -0.15) is 0 Å². The van der Waals surface area contributed by atoms with E-state index in [0.29, 0.717) is 11.1 Å². The Bertz CT molecular complexity index is 546. The quantitative estimate of drug-likeness (QED) is 0.921. The lowest BCUT2D eigenvalue weighted by molar-refractivity contribution is 0.628. The van der Waals surface area contributed by atoms with Crippen LogP contribution < -0.4 is 5.32 Å². The fourth-order valence-corrected chi connectivity index (χ4v) is 2.76. The van der Waals surface area contributed by atoms with Crippen LogP contribution in [0.5, 0.6) is 0 Å². The van der Waals surface area contributed by atoms with Crippen LogP contribution >= 0.6 is 22.9 Å². The van der Waals surface area contributed by atoms with E-state index in [1.807, 2.05) is 5.38 Å². The number of nitrogens with one attached hydrogen (secondary N) is 1. The molecule has 3 rings (SSSR count). The van der Waals surface area contributed by atoms with Gasteiger partial charge in [0.2, 0.25) is 0 Å². The average molecular weight is 283 g/mol. The molecule has 0 spiro atoms. The maximum atomic E-state index is 13.3.